The average molecular weight is 362 g/mol. The molecule has 0 unspecified atom stereocenters. The van der Waals surface area contributed by atoms with Crippen LogP contribution < -0.4 is 10.6 Å². The number of amides is 1. The van der Waals surface area contributed by atoms with Crippen molar-refractivity contribution in [2.75, 3.05) is 10.6 Å². The molecular formula is C19H21ClFN3O. The monoisotopic (exact) mass is 361 g/mol. The second kappa shape index (κ2) is 8.30. The van der Waals surface area contributed by atoms with E-state index in [-0.39, 0.29) is 10.9 Å². The van der Waals surface area contributed by atoms with Gasteiger partial charge in [-0.15, -0.1) is 0 Å². The molecule has 1 aromatic carbocycles. The number of nitrogens with one attached hydrogen (secondary N) is 2. The van der Waals surface area contributed by atoms with Crippen LogP contribution in [0.4, 0.5) is 15.8 Å². The molecule has 0 bridgehead atoms. The number of rotatable bonds is 4. The number of halogens is 2. The molecule has 0 aliphatic heterocycles. The molecular weight excluding hydrogens is 341 g/mol. The fraction of sp³-hybridized carbons (Fsp3) is 0.368. The third-order valence-electron chi connectivity index (χ3n) is 4.40. The summed E-state index contributed by atoms with van der Waals surface area (Å²) in [7, 11) is 0. The maximum Gasteiger partial charge on any atom is 0.274 e. The molecule has 4 nitrogen and oxygen atoms in total. The largest absolute Gasteiger partial charge is 0.382 e. The third kappa shape index (κ3) is 4.92. The number of carbonyl (C=O) groups excluding carboxylic acids is 1. The summed E-state index contributed by atoms with van der Waals surface area (Å²) >= 11 is 5.74. The predicted octanol–water partition coefficient (Wildman–Crippen LogP) is 5.26. The predicted molar refractivity (Wildman–Crippen MR) is 98.7 cm³/mol. The minimum absolute atomic E-state index is 0.0328. The lowest BCUT2D eigenvalue weighted by Crippen LogP contribution is -2.19. The number of nitrogens with zero attached hydrogens (tertiary/aromatic N) is 1. The van der Waals surface area contributed by atoms with Gasteiger partial charge in [-0.2, -0.15) is 0 Å². The molecule has 132 valence electrons. The molecule has 1 heterocycles. The number of carbonyl (C=O) groups is 1. The average Bonchev–Trinajstić information content (AvgIpc) is 2.87. The van der Waals surface area contributed by atoms with E-state index in [1.807, 2.05) is 6.07 Å². The number of pyridine rings is 1. The van der Waals surface area contributed by atoms with Crippen LogP contribution in [-0.2, 0) is 0 Å². The fourth-order valence-corrected chi connectivity index (χ4v) is 3.25. The van der Waals surface area contributed by atoms with Crippen molar-refractivity contribution < 1.29 is 9.18 Å². The first-order chi connectivity index (χ1) is 12.1. The molecule has 1 amide bonds. The van der Waals surface area contributed by atoms with E-state index in [0.29, 0.717) is 17.4 Å². The molecule has 0 radical (unpaired) electrons. The summed E-state index contributed by atoms with van der Waals surface area (Å²) in [6.45, 7) is 0. The van der Waals surface area contributed by atoms with Crippen LogP contribution in [-0.4, -0.2) is 16.9 Å². The van der Waals surface area contributed by atoms with Crippen molar-refractivity contribution in [1.29, 1.82) is 0 Å². The first kappa shape index (κ1) is 17.7. The van der Waals surface area contributed by atoms with Gasteiger partial charge in [0.2, 0.25) is 0 Å². The molecule has 0 spiro atoms. The van der Waals surface area contributed by atoms with E-state index in [4.69, 9.17) is 11.6 Å². The Labute approximate surface area is 151 Å². The smallest absolute Gasteiger partial charge is 0.274 e. The number of aromatic nitrogens is 1. The van der Waals surface area contributed by atoms with E-state index in [1.165, 1.54) is 43.9 Å². The van der Waals surface area contributed by atoms with Crippen LogP contribution in [0.15, 0.2) is 36.5 Å². The Morgan fingerprint density at radius 1 is 1.08 bits per heavy atom. The van der Waals surface area contributed by atoms with Gasteiger partial charge >= 0.3 is 0 Å². The van der Waals surface area contributed by atoms with E-state index in [1.54, 1.807) is 12.3 Å². The zero-order valence-corrected chi connectivity index (χ0v) is 14.7. The second-order valence-electron chi connectivity index (χ2n) is 6.35. The zero-order chi connectivity index (χ0) is 17.6. The molecule has 0 atom stereocenters. The van der Waals surface area contributed by atoms with Crippen LogP contribution in [0.25, 0.3) is 0 Å². The van der Waals surface area contributed by atoms with Gasteiger partial charge in [0.15, 0.2) is 0 Å². The first-order valence-corrected chi connectivity index (χ1v) is 8.98. The Kier molecular flexibility index (Phi) is 5.87. The van der Waals surface area contributed by atoms with Crippen molar-refractivity contribution in [2.45, 2.75) is 44.6 Å². The van der Waals surface area contributed by atoms with Gasteiger partial charge in [0.25, 0.3) is 5.91 Å². The van der Waals surface area contributed by atoms with E-state index in [9.17, 15) is 9.18 Å². The topological polar surface area (TPSA) is 54.0 Å². The van der Waals surface area contributed by atoms with Gasteiger partial charge in [0, 0.05) is 23.6 Å². The lowest BCUT2D eigenvalue weighted by molar-refractivity contribution is 0.102. The summed E-state index contributed by atoms with van der Waals surface area (Å²) in [6, 6.07) is 8.11. The molecule has 0 saturated heterocycles. The van der Waals surface area contributed by atoms with Crippen molar-refractivity contribution in [3.63, 3.8) is 0 Å². The van der Waals surface area contributed by atoms with Gasteiger partial charge in [-0.25, -0.2) is 4.39 Å². The Hall–Kier alpha value is -2.14. The van der Waals surface area contributed by atoms with Gasteiger partial charge in [-0.1, -0.05) is 37.3 Å². The zero-order valence-electron chi connectivity index (χ0n) is 13.9. The minimum Gasteiger partial charge on any atom is -0.382 e. The van der Waals surface area contributed by atoms with Gasteiger partial charge in [0.1, 0.15) is 11.5 Å². The number of hydrogen-bond acceptors (Lipinski definition) is 3. The molecule has 1 aliphatic rings. The third-order valence-corrected chi connectivity index (χ3v) is 4.69. The highest BCUT2D eigenvalue weighted by Crippen LogP contribution is 2.22. The van der Waals surface area contributed by atoms with Crippen molar-refractivity contribution in [3.05, 3.63) is 53.1 Å². The lowest BCUT2D eigenvalue weighted by Gasteiger charge is -2.18. The summed E-state index contributed by atoms with van der Waals surface area (Å²) in [4.78, 5) is 16.5. The molecule has 2 N–H and O–H groups in total. The summed E-state index contributed by atoms with van der Waals surface area (Å²) < 4.78 is 13.2. The Morgan fingerprint density at radius 2 is 1.84 bits per heavy atom. The maximum absolute atomic E-state index is 13.2. The van der Waals surface area contributed by atoms with E-state index in [0.717, 1.165) is 18.5 Å². The Balaban J connectivity index is 1.67. The molecule has 1 fully saturated rings. The highest BCUT2D eigenvalue weighted by atomic mass is 35.5. The summed E-state index contributed by atoms with van der Waals surface area (Å²) in [5, 5.41) is 6.16. The molecule has 25 heavy (non-hydrogen) atoms. The van der Waals surface area contributed by atoms with Crippen molar-refractivity contribution in [1.82, 2.24) is 4.98 Å². The Bertz CT molecular complexity index is 745. The van der Waals surface area contributed by atoms with Gasteiger partial charge in [-0.3, -0.25) is 9.78 Å². The van der Waals surface area contributed by atoms with Crippen LogP contribution >= 0.6 is 11.6 Å². The molecule has 1 aliphatic carbocycles. The van der Waals surface area contributed by atoms with E-state index < -0.39 is 5.82 Å². The quantitative estimate of drug-likeness (QED) is 0.730. The molecule has 1 aromatic heterocycles. The summed E-state index contributed by atoms with van der Waals surface area (Å²) in [5.41, 5.74) is 1.63. The summed E-state index contributed by atoms with van der Waals surface area (Å²) in [6.07, 6.45) is 8.98. The SMILES string of the molecule is O=C(Nc1ccc(F)c(Cl)c1)c1cc(NC2CCCCCC2)ccn1. The van der Waals surface area contributed by atoms with E-state index in [2.05, 4.69) is 15.6 Å². The lowest BCUT2D eigenvalue weighted by atomic mass is 10.1. The molecule has 1 saturated carbocycles. The maximum atomic E-state index is 13.2. The Morgan fingerprint density at radius 3 is 2.56 bits per heavy atom. The fourth-order valence-electron chi connectivity index (χ4n) is 3.07. The van der Waals surface area contributed by atoms with Crippen molar-refractivity contribution in [3.8, 4) is 0 Å². The first-order valence-electron chi connectivity index (χ1n) is 8.61. The standard InChI is InChI=1S/C19H21ClFN3O/c20-16-11-14(7-8-17(16)21)24-19(25)18-12-15(9-10-22-18)23-13-5-3-1-2-4-6-13/h7-13H,1-6H2,(H,22,23)(H,24,25). The van der Waals surface area contributed by atoms with Gasteiger partial charge < -0.3 is 10.6 Å². The van der Waals surface area contributed by atoms with Crippen LogP contribution in [0, 0.1) is 5.82 Å². The highest BCUT2D eigenvalue weighted by molar-refractivity contribution is 6.31. The summed E-state index contributed by atoms with van der Waals surface area (Å²) in [5.74, 6) is -0.875. The van der Waals surface area contributed by atoms with Crippen LogP contribution in [0.1, 0.15) is 49.0 Å². The number of benzene rings is 1. The molecule has 3 rings (SSSR count). The normalized spacial score (nSPS) is 15.4. The minimum atomic E-state index is -0.521. The van der Waals surface area contributed by atoms with Crippen LogP contribution in [0.2, 0.25) is 5.02 Å². The van der Waals surface area contributed by atoms with Crippen molar-refractivity contribution >= 4 is 28.9 Å². The van der Waals surface area contributed by atoms with Crippen molar-refractivity contribution in [2.24, 2.45) is 0 Å². The van der Waals surface area contributed by atoms with Crippen LogP contribution in [0.5, 0.6) is 0 Å². The number of anilines is 2. The van der Waals surface area contributed by atoms with Gasteiger partial charge in [-0.05, 0) is 43.2 Å². The second-order valence-corrected chi connectivity index (χ2v) is 6.75. The number of hydrogen-bond donors (Lipinski definition) is 2. The molecule has 2 aromatic rings. The highest BCUT2D eigenvalue weighted by Gasteiger charge is 2.14. The van der Waals surface area contributed by atoms with E-state index >= 15 is 0 Å². The van der Waals surface area contributed by atoms with Crippen LogP contribution in [0.3, 0.4) is 0 Å². The molecule has 6 heteroatoms. The van der Waals surface area contributed by atoms with Gasteiger partial charge in [0.05, 0.1) is 5.02 Å².